The summed E-state index contributed by atoms with van der Waals surface area (Å²) in [6.07, 6.45) is 2.42. The van der Waals surface area contributed by atoms with E-state index in [4.69, 9.17) is 11.5 Å². The second kappa shape index (κ2) is 21.4. The third kappa shape index (κ3) is 14.9. The minimum absolute atomic E-state index is 0.0232. The third-order valence-corrected chi connectivity index (χ3v) is 8.37. The second-order valence-corrected chi connectivity index (χ2v) is 13.6. The van der Waals surface area contributed by atoms with E-state index in [2.05, 4.69) is 41.9 Å². The van der Waals surface area contributed by atoms with Crippen LogP contribution in [-0.2, 0) is 46.4 Å². The van der Waals surface area contributed by atoms with Gasteiger partial charge in [0.15, 0.2) is 5.96 Å². The van der Waals surface area contributed by atoms with E-state index < -0.39 is 72.1 Å². The van der Waals surface area contributed by atoms with Crippen LogP contribution in [0.4, 0.5) is 0 Å². The van der Waals surface area contributed by atoms with E-state index in [0.717, 1.165) is 16.5 Å². The van der Waals surface area contributed by atoms with Gasteiger partial charge in [0.2, 0.25) is 41.4 Å². The van der Waals surface area contributed by atoms with Crippen LogP contribution in [0.15, 0.2) is 65.8 Å². The maximum atomic E-state index is 13.9. The fraction of sp³-hybridized carbons (Fsp3) is 0.421. The first-order chi connectivity index (χ1) is 26.1. The third-order valence-electron chi connectivity index (χ3n) is 8.37. The van der Waals surface area contributed by atoms with Crippen LogP contribution in [-0.4, -0.2) is 89.6 Å². The number of carbonyl (C=O) groups is 7. The molecule has 0 saturated carbocycles. The van der Waals surface area contributed by atoms with Gasteiger partial charge in [-0.25, -0.2) is 0 Å². The number of hydrogen-bond donors (Lipinski definition) is 9. The Labute approximate surface area is 319 Å². The van der Waals surface area contributed by atoms with E-state index in [1.807, 2.05) is 56.3 Å². The zero-order valence-electron chi connectivity index (χ0n) is 31.6. The molecule has 0 aliphatic carbocycles. The Balaban J connectivity index is 1.76. The first-order valence-electron chi connectivity index (χ1n) is 18.0. The quantitative estimate of drug-likeness (QED) is 0.0418. The summed E-state index contributed by atoms with van der Waals surface area (Å²) in [6.45, 7) is 5.80. The molecule has 0 bridgehead atoms. The molecule has 0 radical (unpaired) electrons. The first-order valence-corrected chi connectivity index (χ1v) is 18.0. The smallest absolute Gasteiger partial charge is 0.249 e. The fourth-order valence-corrected chi connectivity index (χ4v) is 5.85. The van der Waals surface area contributed by atoms with Crippen molar-refractivity contribution < 1.29 is 33.6 Å². The van der Waals surface area contributed by atoms with E-state index in [0.29, 0.717) is 5.56 Å². The Morgan fingerprint density at radius 1 is 0.709 bits per heavy atom. The number of nitrogens with two attached hydrogens (primary N) is 2. The highest BCUT2D eigenvalue weighted by Crippen LogP contribution is 2.19. The monoisotopic (exact) mass is 760 g/mol. The predicted octanol–water partition coefficient (Wildman–Crippen LogP) is -0.209. The highest BCUT2D eigenvalue weighted by molar-refractivity contribution is 6.00. The Kier molecular flexibility index (Phi) is 16.8. The van der Waals surface area contributed by atoms with Gasteiger partial charge < -0.3 is 43.0 Å². The Hall–Kier alpha value is -6.26. The average Bonchev–Trinajstić information content (AvgIpc) is 3.53. The number of benzene rings is 2. The van der Waals surface area contributed by atoms with Gasteiger partial charge in [-0.05, 0) is 42.4 Å². The lowest BCUT2D eigenvalue weighted by Gasteiger charge is -2.26. The number of hydrogen-bond acceptors (Lipinski definition) is 8. The number of imide groups is 1. The topological polar surface area (TPSA) is 272 Å². The summed E-state index contributed by atoms with van der Waals surface area (Å²) in [5.74, 6) is -4.68. The molecule has 0 aliphatic heterocycles. The highest BCUT2D eigenvalue weighted by atomic mass is 16.2. The molecular formula is C38H52N10O7. The van der Waals surface area contributed by atoms with Crippen molar-refractivity contribution >= 4 is 58.2 Å². The van der Waals surface area contributed by atoms with Crippen molar-refractivity contribution in [3.63, 3.8) is 0 Å². The summed E-state index contributed by atoms with van der Waals surface area (Å²) in [7, 11) is 0. The number of fused-ring (bicyclic) bond motifs is 1. The van der Waals surface area contributed by atoms with Gasteiger partial charge >= 0.3 is 0 Å². The summed E-state index contributed by atoms with van der Waals surface area (Å²) in [5.41, 5.74) is 13.2. The molecule has 3 aromatic rings. The summed E-state index contributed by atoms with van der Waals surface area (Å²) >= 11 is 0. The van der Waals surface area contributed by atoms with Gasteiger partial charge in [0.25, 0.3) is 0 Å². The Bertz CT molecular complexity index is 1840. The zero-order valence-corrected chi connectivity index (χ0v) is 31.6. The molecule has 7 amide bonds. The van der Waals surface area contributed by atoms with Gasteiger partial charge in [-0.2, -0.15) is 0 Å². The molecular weight excluding hydrogens is 708 g/mol. The molecule has 55 heavy (non-hydrogen) atoms. The van der Waals surface area contributed by atoms with Crippen LogP contribution in [0.25, 0.3) is 10.9 Å². The molecule has 2 aromatic carbocycles. The highest BCUT2D eigenvalue weighted by Gasteiger charge is 2.31. The van der Waals surface area contributed by atoms with Crippen LogP contribution >= 0.6 is 0 Å². The lowest BCUT2D eigenvalue weighted by atomic mass is 10.0. The van der Waals surface area contributed by atoms with Crippen molar-refractivity contribution in [2.24, 2.45) is 22.4 Å². The Morgan fingerprint density at radius 2 is 1.35 bits per heavy atom. The van der Waals surface area contributed by atoms with Gasteiger partial charge in [0, 0.05) is 50.3 Å². The maximum absolute atomic E-state index is 13.9. The van der Waals surface area contributed by atoms with Crippen LogP contribution in [0.5, 0.6) is 0 Å². The predicted molar refractivity (Wildman–Crippen MR) is 207 cm³/mol. The molecule has 0 saturated heterocycles. The number of amides is 7. The zero-order chi connectivity index (χ0) is 40.5. The average molecular weight is 761 g/mol. The molecule has 1 heterocycles. The second-order valence-electron chi connectivity index (χ2n) is 13.6. The van der Waals surface area contributed by atoms with Crippen LogP contribution in [0.2, 0.25) is 0 Å². The molecule has 296 valence electrons. The molecule has 17 heteroatoms. The molecule has 17 nitrogen and oxygen atoms in total. The van der Waals surface area contributed by atoms with Crippen LogP contribution in [0.3, 0.4) is 0 Å². The van der Waals surface area contributed by atoms with E-state index >= 15 is 0 Å². The molecule has 0 fully saturated rings. The lowest BCUT2D eigenvalue weighted by Crippen LogP contribution is -2.58. The van der Waals surface area contributed by atoms with Gasteiger partial charge in [0.05, 0.1) is 6.54 Å². The van der Waals surface area contributed by atoms with Gasteiger partial charge in [-0.15, -0.1) is 0 Å². The van der Waals surface area contributed by atoms with Crippen molar-refractivity contribution in [2.75, 3.05) is 13.1 Å². The van der Waals surface area contributed by atoms with E-state index in [-0.39, 0.29) is 50.5 Å². The number of H-pyrrole nitrogens is 1. The van der Waals surface area contributed by atoms with Gasteiger partial charge in [-0.3, -0.25) is 43.9 Å². The molecule has 0 aliphatic rings. The summed E-state index contributed by atoms with van der Waals surface area (Å²) in [5, 5.41) is 16.2. The maximum Gasteiger partial charge on any atom is 0.249 e. The SMILES string of the molecule is CC(=O)NC(=O)[C@H](Cc1c[nH]c2ccccc12)NC(=O)[C@@H](CCCN=C(N)N)NC(=O)[C@H](CC(C)C)NC(=O)CNC(=O)[C@H](Cc1ccccc1)NC(C)=O. The standard InChI is InChI=1S/C38H52N10O7/c1-22(2)17-30(46-33(51)21-43-34(52)31(44-23(3)49)18-25-11-6-5-7-12-25)37(55)47-29(15-10-16-41-38(39)40)35(53)48-32(36(54)45-24(4)50)19-26-20-42-28-14-9-8-13-27(26)28/h5-9,11-14,20,22,29-32,42H,10,15-19,21H2,1-4H3,(H,43,52)(H,44,49)(H,46,51)(H,47,55)(H,48,53)(H4,39,40,41)(H,45,50,54)/t29-,30+,31+,32+/m1/s1. The largest absolute Gasteiger partial charge is 0.370 e. The van der Waals surface area contributed by atoms with Crippen molar-refractivity contribution in [1.29, 1.82) is 0 Å². The van der Waals surface area contributed by atoms with Gasteiger partial charge in [0.1, 0.15) is 24.2 Å². The number of para-hydroxylation sites is 1. The molecule has 0 spiro atoms. The number of nitrogens with one attached hydrogen (secondary N) is 7. The number of aliphatic imine (C=N–C) groups is 1. The van der Waals surface area contributed by atoms with E-state index in [1.165, 1.54) is 13.8 Å². The number of nitrogens with zero attached hydrogens (tertiary/aromatic N) is 1. The first kappa shape index (κ1) is 43.1. The van der Waals surface area contributed by atoms with Crippen LogP contribution < -0.4 is 43.4 Å². The van der Waals surface area contributed by atoms with Crippen molar-refractivity contribution in [1.82, 2.24) is 36.9 Å². The van der Waals surface area contributed by atoms with E-state index in [1.54, 1.807) is 18.3 Å². The number of aromatic amines is 1. The summed E-state index contributed by atoms with van der Waals surface area (Å²) < 4.78 is 0. The number of guanidine groups is 1. The Morgan fingerprint density at radius 3 is 2.00 bits per heavy atom. The normalized spacial score (nSPS) is 13.0. The molecule has 11 N–H and O–H groups in total. The minimum Gasteiger partial charge on any atom is -0.370 e. The number of aromatic nitrogens is 1. The molecule has 4 atom stereocenters. The van der Waals surface area contributed by atoms with Crippen molar-refractivity contribution in [3.05, 3.63) is 71.9 Å². The molecule has 0 unspecified atom stereocenters. The van der Waals surface area contributed by atoms with Gasteiger partial charge in [-0.1, -0.05) is 62.4 Å². The van der Waals surface area contributed by atoms with E-state index in [9.17, 15) is 33.6 Å². The molecule has 3 rings (SSSR count). The van der Waals surface area contributed by atoms with Crippen molar-refractivity contribution in [3.8, 4) is 0 Å². The van der Waals surface area contributed by atoms with Crippen molar-refractivity contribution in [2.45, 2.75) is 84.0 Å². The van der Waals surface area contributed by atoms with Crippen LogP contribution in [0, 0.1) is 5.92 Å². The summed E-state index contributed by atoms with van der Waals surface area (Å²) in [6, 6.07) is 12.0. The minimum atomic E-state index is -1.21. The number of carbonyl (C=O) groups excluding carboxylic acids is 7. The van der Waals surface area contributed by atoms with Crippen LogP contribution in [0.1, 0.15) is 58.1 Å². The lowest BCUT2D eigenvalue weighted by molar-refractivity contribution is -0.135. The fourth-order valence-electron chi connectivity index (χ4n) is 5.85. The summed E-state index contributed by atoms with van der Waals surface area (Å²) in [4.78, 5) is 97.7. The molecule has 1 aromatic heterocycles. The number of rotatable bonds is 20.